The van der Waals surface area contributed by atoms with E-state index in [0.29, 0.717) is 43.4 Å². The van der Waals surface area contributed by atoms with E-state index in [0.717, 1.165) is 18.8 Å². The van der Waals surface area contributed by atoms with E-state index in [1.54, 1.807) is 25.4 Å². The number of carbonyl (C=O) groups excluding carboxylic acids is 1. The highest BCUT2D eigenvalue weighted by Crippen LogP contribution is 2.19. The summed E-state index contributed by atoms with van der Waals surface area (Å²) in [5.41, 5.74) is 1.51. The number of amides is 1. The van der Waals surface area contributed by atoms with Gasteiger partial charge in [0.1, 0.15) is 5.75 Å². The fourth-order valence-corrected chi connectivity index (χ4v) is 4.49. The van der Waals surface area contributed by atoms with Gasteiger partial charge in [-0.25, -0.2) is 13.4 Å². The van der Waals surface area contributed by atoms with Crippen LogP contribution < -0.4 is 4.74 Å². The Morgan fingerprint density at radius 1 is 1.20 bits per heavy atom. The van der Waals surface area contributed by atoms with Crippen LogP contribution in [0.2, 0.25) is 0 Å². The van der Waals surface area contributed by atoms with Gasteiger partial charge in [-0.2, -0.15) is 0 Å². The molecule has 1 amide bonds. The van der Waals surface area contributed by atoms with Crippen molar-refractivity contribution >= 4 is 15.7 Å². The highest BCUT2D eigenvalue weighted by molar-refractivity contribution is 7.90. The smallest absolute Gasteiger partial charge is 0.254 e. The maximum absolute atomic E-state index is 12.8. The predicted octanol–water partition coefficient (Wildman–Crippen LogP) is 1.91. The zero-order valence-electron chi connectivity index (χ0n) is 18.0. The lowest BCUT2D eigenvalue weighted by atomic mass is 10.1. The van der Waals surface area contributed by atoms with Crippen molar-refractivity contribution in [3.05, 3.63) is 41.7 Å². The summed E-state index contributed by atoms with van der Waals surface area (Å²) in [4.78, 5) is 21.0. The van der Waals surface area contributed by atoms with Crippen LogP contribution in [0.25, 0.3) is 0 Å². The number of hydrogen-bond donors (Lipinski definition) is 0. The minimum Gasteiger partial charge on any atom is -0.497 e. The van der Waals surface area contributed by atoms with Crippen molar-refractivity contribution in [2.75, 3.05) is 39.5 Å². The molecule has 1 aromatic carbocycles. The van der Waals surface area contributed by atoms with Crippen LogP contribution in [0.3, 0.4) is 0 Å². The molecular formula is C21H30N4O4S. The predicted molar refractivity (Wildman–Crippen MR) is 114 cm³/mol. The van der Waals surface area contributed by atoms with Gasteiger partial charge in [0.25, 0.3) is 5.91 Å². The molecule has 0 aliphatic carbocycles. The first-order valence-corrected chi connectivity index (χ1v) is 12.0. The van der Waals surface area contributed by atoms with Gasteiger partial charge in [-0.1, -0.05) is 19.9 Å². The van der Waals surface area contributed by atoms with E-state index in [1.165, 1.54) is 6.26 Å². The molecule has 1 saturated heterocycles. The molecular weight excluding hydrogens is 404 g/mol. The van der Waals surface area contributed by atoms with Gasteiger partial charge in [-0.3, -0.25) is 9.69 Å². The number of aromatic nitrogens is 2. The second kappa shape index (κ2) is 9.18. The van der Waals surface area contributed by atoms with E-state index < -0.39 is 9.84 Å². The maximum atomic E-state index is 12.8. The molecule has 2 heterocycles. The second-order valence-corrected chi connectivity index (χ2v) is 10.0. The molecule has 2 aromatic rings. The van der Waals surface area contributed by atoms with Gasteiger partial charge >= 0.3 is 0 Å². The Hall–Kier alpha value is -2.39. The van der Waals surface area contributed by atoms with Crippen LogP contribution in [-0.4, -0.2) is 73.2 Å². The van der Waals surface area contributed by atoms with Crippen molar-refractivity contribution in [2.45, 2.75) is 32.1 Å². The second-order valence-electron chi connectivity index (χ2n) is 8.11. The van der Waals surface area contributed by atoms with Crippen LogP contribution in [0.5, 0.6) is 5.75 Å². The SMILES string of the molecule is COc1cccc(C(=O)N2CCN(Cc3cnc(S(C)(=O)=O)n3CC(C)C)CC2)c1. The van der Waals surface area contributed by atoms with Crippen molar-refractivity contribution in [3.63, 3.8) is 0 Å². The van der Waals surface area contributed by atoms with Crippen molar-refractivity contribution in [3.8, 4) is 5.75 Å². The molecule has 1 aromatic heterocycles. The molecule has 0 bridgehead atoms. The van der Waals surface area contributed by atoms with E-state index in [4.69, 9.17) is 4.74 Å². The van der Waals surface area contributed by atoms with Crippen molar-refractivity contribution in [2.24, 2.45) is 5.92 Å². The summed E-state index contributed by atoms with van der Waals surface area (Å²) in [6.45, 7) is 7.99. The third kappa shape index (κ3) is 5.20. The van der Waals surface area contributed by atoms with Crippen LogP contribution in [0, 0.1) is 5.92 Å². The van der Waals surface area contributed by atoms with Gasteiger partial charge in [0.05, 0.1) is 19.0 Å². The first kappa shape index (κ1) is 22.3. The lowest BCUT2D eigenvalue weighted by Crippen LogP contribution is -2.48. The minimum absolute atomic E-state index is 0.00207. The van der Waals surface area contributed by atoms with E-state index >= 15 is 0 Å². The Morgan fingerprint density at radius 2 is 1.90 bits per heavy atom. The Bertz CT molecular complexity index is 992. The van der Waals surface area contributed by atoms with Crippen molar-refractivity contribution in [1.82, 2.24) is 19.4 Å². The summed E-state index contributed by atoms with van der Waals surface area (Å²) in [7, 11) is -1.80. The number of ether oxygens (including phenoxy) is 1. The topological polar surface area (TPSA) is 84.7 Å². The molecule has 0 N–H and O–H groups in total. The molecule has 8 nitrogen and oxygen atoms in total. The highest BCUT2D eigenvalue weighted by atomic mass is 32.2. The summed E-state index contributed by atoms with van der Waals surface area (Å²) in [6, 6.07) is 7.19. The Balaban J connectivity index is 1.66. The molecule has 1 aliphatic heterocycles. The molecule has 0 spiro atoms. The molecule has 0 radical (unpaired) electrons. The van der Waals surface area contributed by atoms with Gasteiger partial charge < -0.3 is 14.2 Å². The Labute approximate surface area is 178 Å². The largest absolute Gasteiger partial charge is 0.497 e. The number of methoxy groups -OCH3 is 1. The first-order chi connectivity index (χ1) is 14.2. The fraction of sp³-hybridized carbons (Fsp3) is 0.524. The number of piperazine rings is 1. The molecule has 164 valence electrons. The first-order valence-electron chi connectivity index (χ1n) is 10.1. The fourth-order valence-electron chi connectivity index (χ4n) is 3.65. The molecule has 0 atom stereocenters. The number of sulfone groups is 1. The average Bonchev–Trinajstić information content (AvgIpc) is 3.10. The van der Waals surface area contributed by atoms with Crippen LogP contribution in [0.15, 0.2) is 35.6 Å². The summed E-state index contributed by atoms with van der Waals surface area (Å²) >= 11 is 0. The quantitative estimate of drug-likeness (QED) is 0.662. The van der Waals surface area contributed by atoms with E-state index in [2.05, 4.69) is 23.7 Å². The summed E-state index contributed by atoms with van der Waals surface area (Å²) in [5, 5.41) is 0.123. The highest BCUT2D eigenvalue weighted by Gasteiger charge is 2.25. The van der Waals surface area contributed by atoms with Crippen LogP contribution in [-0.2, 0) is 22.9 Å². The monoisotopic (exact) mass is 434 g/mol. The van der Waals surface area contributed by atoms with Crippen molar-refractivity contribution < 1.29 is 17.9 Å². The third-order valence-electron chi connectivity index (χ3n) is 5.14. The van der Waals surface area contributed by atoms with Gasteiger partial charge in [-0.05, 0) is 24.1 Å². The van der Waals surface area contributed by atoms with Crippen molar-refractivity contribution in [1.29, 1.82) is 0 Å². The Morgan fingerprint density at radius 3 is 2.50 bits per heavy atom. The van der Waals surface area contributed by atoms with E-state index in [9.17, 15) is 13.2 Å². The summed E-state index contributed by atoms with van der Waals surface area (Å²) in [5.74, 6) is 0.966. The van der Waals surface area contributed by atoms with Crippen LogP contribution >= 0.6 is 0 Å². The third-order valence-corrected chi connectivity index (χ3v) is 6.13. The lowest BCUT2D eigenvalue weighted by Gasteiger charge is -2.35. The molecule has 0 unspecified atom stereocenters. The Kier molecular flexibility index (Phi) is 6.82. The average molecular weight is 435 g/mol. The normalized spacial score (nSPS) is 15.6. The molecule has 1 aliphatic rings. The van der Waals surface area contributed by atoms with E-state index in [-0.39, 0.29) is 11.1 Å². The summed E-state index contributed by atoms with van der Waals surface area (Å²) in [6.07, 6.45) is 2.85. The number of rotatable bonds is 7. The lowest BCUT2D eigenvalue weighted by molar-refractivity contribution is 0.0624. The number of carbonyl (C=O) groups is 1. The molecule has 0 saturated carbocycles. The van der Waals surface area contributed by atoms with Gasteiger partial charge in [0.15, 0.2) is 0 Å². The zero-order valence-corrected chi connectivity index (χ0v) is 18.9. The number of hydrogen-bond acceptors (Lipinski definition) is 6. The maximum Gasteiger partial charge on any atom is 0.254 e. The van der Waals surface area contributed by atoms with Gasteiger partial charge in [0, 0.05) is 51.1 Å². The molecule has 30 heavy (non-hydrogen) atoms. The summed E-state index contributed by atoms with van der Waals surface area (Å²) < 4.78 is 31.2. The molecule has 9 heteroatoms. The number of nitrogens with zero attached hydrogens (tertiary/aromatic N) is 4. The molecule has 3 rings (SSSR count). The van der Waals surface area contributed by atoms with Gasteiger partial charge in [0.2, 0.25) is 15.0 Å². The van der Waals surface area contributed by atoms with E-state index in [1.807, 2.05) is 21.6 Å². The zero-order chi connectivity index (χ0) is 21.9. The molecule has 1 fully saturated rings. The number of benzene rings is 1. The standard InChI is InChI=1S/C21H30N4O4S/c1-16(2)14-25-18(13-22-21(25)30(4,27)28)15-23-8-10-24(11-9-23)20(26)17-6-5-7-19(12-17)29-3/h5-7,12-13,16H,8-11,14-15H2,1-4H3. The van der Waals surface area contributed by atoms with Gasteiger partial charge in [-0.15, -0.1) is 0 Å². The number of imidazole rings is 1. The van der Waals surface area contributed by atoms with Crippen LogP contribution in [0.4, 0.5) is 0 Å². The van der Waals surface area contributed by atoms with Crippen LogP contribution in [0.1, 0.15) is 29.9 Å². The minimum atomic E-state index is -3.39.